The largest absolute Gasteiger partial charge is 0.508 e. The molecule has 2 amide bonds. The Morgan fingerprint density at radius 3 is 2.69 bits per heavy atom. The predicted molar refractivity (Wildman–Crippen MR) is 108 cm³/mol. The number of ketones is 1. The zero-order chi connectivity index (χ0) is 21.0. The van der Waals surface area contributed by atoms with Gasteiger partial charge in [-0.25, -0.2) is 0 Å². The van der Waals surface area contributed by atoms with Crippen molar-refractivity contribution in [1.29, 1.82) is 0 Å². The number of carbonyl (C=O) groups excluding carboxylic acids is 3. The molecular formula is C22H30N2O5. The average molecular weight is 402 g/mol. The summed E-state index contributed by atoms with van der Waals surface area (Å²) >= 11 is 0. The number of rotatable bonds is 7. The summed E-state index contributed by atoms with van der Waals surface area (Å²) in [6.07, 6.45) is 5.01. The van der Waals surface area contributed by atoms with Gasteiger partial charge in [-0.2, -0.15) is 0 Å². The molecule has 0 bridgehead atoms. The summed E-state index contributed by atoms with van der Waals surface area (Å²) in [7, 11) is 0. The highest BCUT2D eigenvalue weighted by Crippen LogP contribution is 2.41. The Morgan fingerprint density at radius 2 is 2.03 bits per heavy atom. The van der Waals surface area contributed by atoms with Gasteiger partial charge < -0.3 is 20.5 Å². The van der Waals surface area contributed by atoms with E-state index in [4.69, 9.17) is 4.74 Å². The molecule has 7 nitrogen and oxygen atoms in total. The average Bonchev–Trinajstić information content (AvgIpc) is 3.27. The summed E-state index contributed by atoms with van der Waals surface area (Å²) in [4.78, 5) is 37.9. The Balaban J connectivity index is 1.75. The van der Waals surface area contributed by atoms with Gasteiger partial charge in [0.15, 0.2) is 5.78 Å². The monoisotopic (exact) mass is 402 g/mol. The molecule has 2 aliphatic rings. The van der Waals surface area contributed by atoms with Crippen molar-refractivity contribution in [1.82, 2.24) is 10.6 Å². The van der Waals surface area contributed by atoms with Gasteiger partial charge in [0, 0.05) is 5.56 Å². The first-order valence-electron chi connectivity index (χ1n) is 10.4. The highest BCUT2D eigenvalue weighted by atomic mass is 16.5. The lowest BCUT2D eigenvalue weighted by atomic mass is 9.81. The van der Waals surface area contributed by atoms with Crippen LogP contribution in [0.3, 0.4) is 0 Å². The van der Waals surface area contributed by atoms with Crippen molar-refractivity contribution in [2.45, 2.75) is 70.6 Å². The summed E-state index contributed by atoms with van der Waals surface area (Å²) in [5.74, 6) is -0.950. The van der Waals surface area contributed by atoms with Crippen LogP contribution in [0.2, 0.25) is 0 Å². The van der Waals surface area contributed by atoms with Gasteiger partial charge in [-0.05, 0) is 49.3 Å². The Morgan fingerprint density at radius 1 is 1.31 bits per heavy atom. The molecule has 1 aromatic rings. The number of phenolic OH excluding ortho intramolecular Hbond substituents is 1. The molecule has 3 N–H and O–H groups in total. The zero-order valence-electron chi connectivity index (χ0n) is 17.1. The Kier molecular flexibility index (Phi) is 6.57. The van der Waals surface area contributed by atoms with Gasteiger partial charge >= 0.3 is 0 Å². The summed E-state index contributed by atoms with van der Waals surface area (Å²) in [5.41, 5.74) is 0.250. The van der Waals surface area contributed by atoms with E-state index in [0.717, 1.165) is 25.7 Å². The van der Waals surface area contributed by atoms with Gasteiger partial charge in [0.05, 0.1) is 6.10 Å². The molecule has 0 aromatic heterocycles. The molecule has 158 valence electrons. The third kappa shape index (κ3) is 5.15. The fourth-order valence-electron chi connectivity index (χ4n) is 4.39. The molecule has 29 heavy (non-hydrogen) atoms. The molecule has 1 saturated heterocycles. The van der Waals surface area contributed by atoms with Crippen molar-refractivity contribution in [2.24, 2.45) is 5.41 Å². The van der Waals surface area contributed by atoms with Crippen LogP contribution in [0.4, 0.5) is 0 Å². The number of hydrogen-bond donors (Lipinski definition) is 3. The molecule has 1 aliphatic heterocycles. The summed E-state index contributed by atoms with van der Waals surface area (Å²) in [6.45, 7) is 4.05. The minimum atomic E-state index is -0.765. The van der Waals surface area contributed by atoms with E-state index in [1.807, 2.05) is 6.92 Å². The first-order valence-corrected chi connectivity index (χ1v) is 10.4. The van der Waals surface area contributed by atoms with E-state index in [1.54, 1.807) is 12.1 Å². The van der Waals surface area contributed by atoms with E-state index in [1.165, 1.54) is 12.1 Å². The number of Topliss-reactive ketones (excluding diaryl/α,β-unsaturated/α-hetero) is 1. The molecule has 3 rings (SSSR count). The van der Waals surface area contributed by atoms with Crippen LogP contribution >= 0.6 is 0 Å². The standard InChI is InChI=1S/C22H30N2O5/c1-3-18-19(17(26)13-29-18)24-21(28)16(12-22(2)9-4-5-10-22)23-20(27)14-7-6-8-15(25)11-14/h6-8,11,16,18-19,25H,3-5,9-10,12-13H2,1-2H3,(H,23,27)(H,24,28)/t16-,18-,19+/m0/s1. The fraction of sp³-hybridized carbons (Fsp3) is 0.591. The van der Waals surface area contributed by atoms with Crippen LogP contribution in [-0.4, -0.2) is 47.5 Å². The maximum Gasteiger partial charge on any atom is 0.252 e. The number of hydrogen-bond acceptors (Lipinski definition) is 5. The number of nitrogens with one attached hydrogen (secondary N) is 2. The van der Waals surface area contributed by atoms with Gasteiger partial charge in [-0.3, -0.25) is 14.4 Å². The SMILES string of the molecule is CC[C@@H]1OCC(=O)[C@H]1NC(=O)[C@H](CC1(C)CCCC1)NC(=O)c1cccc(O)c1. The highest BCUT2D eigenvalue weighted by molar-refractivity contribution is 5.99. The Labute approximate surface area is 171 Å². The maximum atomic E-state index is 13.1. The number of phenols is 1. The molecule has 1 heterocycles. The van der Waals surface area contributed by atoms with E-state index in [9.17, 15) is 19.5 Å². The van der Waals surface area contributed by atoms with Crippen LogP contribution in [-0.2, 0) is 14.3 Å². The number of aromatic hydroxyl groups is 1. The van der Waals surface area contributed by atoms with Crippen molar-refractivity contribution < 1.29 is 24.2 Å². The summed E-state index contributed by atoms with van der Waals surface area (Å²) in [5, 5.41) is 15.3. The Hall–Kier alpha value is -2.41. The van der Waals surface area contributed by atoms with Crippen molar-refractivity contribution in [3.05, 3.63) is 29.8 Å². The van der Waals surface area contributed by atoms with E-state index in [2.05, 4.69) is 17.6 Å². The lowest BCUT2D eigenvalue weighted by Gasteiger charge is -2.30. The van der Waals surface area contributed by atoms with Crippen molar-refractivity contribution in [2.75, 3.05) is 6.61 Å². The Bertz CT molecular complexity index is 772. The van der Waals surface area contributed by atoms with Gasteiger partial charge in [0.2, 0.25) is 5.91 Å². The van der Waals surface area contributed by atoms with Crippen molar-refractivity contribution in [3.63, 3.8) is 0 Å². The number of ether oxygens (including phenoxy) is 1. The molecule has 2 fully saturated rings. The molecule has 3 atom stereocenters. The van der Waals surface area contributed by atoms with E-state index in [-0.39, 0.29) is 41.1 Å². The van der Waals surface area contributed by atoms with Crippen LogP contribution in [0.1, 0.15) is 62.7 Å². The van der Waals surface area contributed by atoms with Gasteiger partial charge in [-0.1, -0.05) is 32.8 Å². The van der Waals surface area contributed by atoms with Crippen LogP contribution in [0.25, 0.3) is 0 Å². The molecule has 7 heteroatoms. The van der Waals surface area contributed by atoms with Crippen LogP contribution in [0.15, 0.2) is 24.3 Å². The van der Waals surface area contributed by atoms with Gasteiger partial charge in [0.1, 0.15) is 24.4 Å². The van der Waals surface area contributed by atoms with E-state index in [0.29, 0.717) is 12.8 Å². The molecule has 1 aromatic carbocycles. The van der Waals surface area contributed by atoms with E-state index >= 15 is 0 Å². The summed E-state index contributed by atoms with van der Waals surface area (Å²) < 4.78 is 5.45. The number of carbonyl (C=O) groups is 3. The smallest absolute Gasteiger partial charge is 0.252 e. The zero-order valence-corrected chi connectivity index (χ0v) is 17.1. The second-order valence-corrected chi connectivity index (χ2v) is 8.51. The first-order chi connectivity index (χ1) is 13.8. The maximum absolute atomic E-state index is 13.1. The third-order valence-electron chi connectivity index (χ3n) is 6.10. The minimum absolute atomic E-state index is 0.00147. The lowest BCUT2D eigenvalue weighted by molar-refractivity contribution is -0.128. The van der Waals surface area contributed by atoms with Gasteiger partial charge in [-0.15, -0.1) is 0 Å². The molecule has 0 spiro atoms. The minimum Gasteiger partial charge on any atom is -0.508 e. The van der Waals surface area contributed by atoms with Gasteiger partial charge in [0.25, 0.3) is 5.91 Å². The lowest BCUT2D eigenvalue weighted by Crippen LogP contribution is -2.54. The first kappa shape index (κ1) is 21.3. The number of benzene rings is 1. The molecule has 0 radical (unpaired) electrons. The molecular weight excluding hydrogens is 372 g/mol. The van der Waals surface area contributed by atoms with Crippen LogP contribution < -0.4 is 10.6 Å². The topological polar surface area (TPSA) is 105 Å². The van der Waals surface area contributed by atoms with Crippen LogP contribution in [0.5, 0.6) is 5.75 Å². The summed E-state index contributed by atoms with van der Waals surface area (Å²) in [6, 6.07) is 4.57. The van der Waals surface area contributed by atoms with E-state index < -0.39 is 18.0 Å². The van der Waals surface area contributed by atoms with Crippen molar-refractivity contribution in [3.8, 4) is 5.75 Å². The molecule has 1 aliphatic carbocycles. The van der Waals surface area contributed by atoms with Crippen LogP contribution in [0, 0.1) is 5.41 Å². The predicted octanol–water partition coefficient (Wildman–Crippen LogP) is 2.32. The fourth-order valence-corrected chi connectivity index (χ4v) is 4.39. The molecule has 0 unspecified atom stereocenters. The highest BCUT2D eigenvalue weighted by Gasteiger charge is 2.39. The normalized spacial score (nSPS) is 24.3. The second-order valence-electron chi connectivity index (χ2n) is 8.51. The van der Waals surface area contributed by atoms with Crippen molar-refractivity contribution >= 4 is 17.6 Å². The number of amides is 2. The second kappa shape index (κ2) is 8.95. The molecule has 1 saturated carbocycles. The third-order valence-corrected chi connectivity index (χ3v) is 6.10. The quantitative estimate of drug-likeness (QED) is 0.649.